The van der Waals surface area contributed by atoms with Gasteiger partial charge in [0, 0.05) is 19.4 Å². The van der Waals surface area contributed by atoms with Crippen LogP contribution >= 0.6 is 0 Å². The van der Waals surface area contributed by atoms with Crippen LogP contribution in [-0.4, -0.2) is 37.9 Å². The van der Waals surface area contributed by atoms with E-state index in [1.54, 1.807) is 0 Å². The normalized spacial score (nSPS) is 11.5. The zero-order valence-electron chi connectivity index (χ0n) is 35.6. The maximum Gasteiger partial charge on any atom is 0.305 e. The number of carbonyl (C=O) groups is 2. The molecule has 52 heavy (non-hydrogen) atoms. The highest BCUT2D eigenvalue weighted by molar-refractivity contribution is 5.69. The van der Waals surface area contributed by atoms with Gasteiger partial charge in [-0.3, -0.25) is 9.59 Å². The number of ether oxygens (including phenoxy) is 3. The van der Waals surface area contributed by atoms with E-state index in [0.717, 1.165) is 38.5 Å². The molecule has 0 radical (unpaired) electrons. The molecule has 0 saturated carbocycles. The molecule has 0 unspecified atom stereocenters. The summed E-state index contributed by atoms with van der Waals surface area (Å²) in [6.07, 6.45) is 46.8. The second-order valence-corrected chi connectivity index (χ2v) is 16.0. The second kappa shape index (κ2) is 44.3. The van der Waals surface area contributed by atoms with Gasteiger partial charge in [-0.05, 0) is 19.3 Å². The average molecular weight is 737 g/mol. The van der Waals surface area contributed by atoms with Crippen molar-refractivity contribution < 1.29 is 23.8 Å². The van der Waals surface area contributed by atoms with Crippen LogP contribution in [0.2, 0.25) is 0 Å². The Hall–Kier alpha value is -1.10. The van der Waals surface area contributed by atoms with E-state index in [-0.39, 0.29) is 31.3 Å². The SMILES string of the molecule is CCCCCCCCCCCCCCCC(=O)OCC(COC(=O)CCCCCCCCCCCCCCC)OCCCCCCCCCCCC. The van der Waals surface area contributed by atoms with Gasteiger partial charge in [0.25, 0.3) is 0 Å². The third-order valence-corrected chi connectivity index (χ3v) is 10.7. The minimum atomic E-state index is -0.384. The molecule has 0 fully saturated rings. The van der Waals surface area contributed by atoms with Gasteiger partial charge in [-0.2, -0.15) is 0 Å². The zero-order valence-corrected chi connectivity index (χ0v) is 35.6. The topological polar surface area (TPSA) is 61.8 Å². The molecule has 0 aliphatic heterocycles. The van der Waals surface area contributed by atoms with E-state index in [1.807, 2.05) is 0 Å². The van der Waals surface area contributed by atoms with Crippen molar-refractivity contribution in [3.05, 3.63) is 0 Å². The molecule has 0 N–H and O–H groups in total. The van der Waals surface area contributed by atoms with Gasteiger partial charge in [0.05, 0.1) is 0 Å². The summed E-state index contributed by atoms with van der Waals surface area (Å²) in [5.74, 6) is -0.317. The summed E-state index contributed by atoms with van der Waals surface area (Å²) < 4.78 is 17.3. The fourth-order valence-electron chi connectivity index (χ4n) is 7.07. The third-order valence-electron chi connectivity index (χ3n) is 10.7. The molecule has 0 rings (SSSR count). The van der Waals surface area contributed by atoms with Crippen LogP contribution in [0.15, 0.2) is 0 Å². The van der Waals surface area contributed by atoms with Gasteiger partial charge >= 0.3 is 11.9 Å². The minimum absolute atomic E-state index is 0.158. The van der Waals surface area contributed by atoms with E-state index in [9.17, 15) is 9.59 Å². The van der Waals surface area contributed by atoms with Gasteiger partial charge < -0.3 is 14.2 Å². The van der Waals surface area contributed by atoms with Gasteiger partial charge in [-0.1, -0.05) is 233 Å². The fourth-order valence-corrected chi connectivity index (χ4v) is 7.07. The Bertz CT molecular complexity index is 664. The summed E-state index contributed by atoms with van der Waals surface area (Å²) in [6, 6.07) is 0. The smallest absolute Gasteiger partial charge is 0.305 e. The Labute approximate surface area is 325 Å². The Kier molecular flexibility index (Phi) is 43.4. The van der Waals surface area contributed by atoms with Crippen molar-refractivity contribution in [3.8, 4) is 0 Å². The summed E-state index contributed by atoms with van der Waals surface area (Å²) in [4.78, 5) is 25.0. The molecular weight excluding hydrogens is 645 g/mol. The molecular formula is C47H92O5. The molecule has 0 spiro atoms. The van der Waals surface area contributed by atoms with Gasteiger partial charge in [0.15, 0.2) is 0 Å². The lowest BCUT2D eigenvalue weighted by Gasteiger charge is -2.18. The molecule has 0 atom stereocenters. The van der Waals surface area contributed by atoms with Crippen molar-refractivity contribution in [2.45, 2.75) is 271 Å². The number of rotatable bonds is 44. The number of carbonyl (C=O) groups excluding carboxylic acids is 2. The van der Waals surface area contributed by atoms with Crippen molar-refractivity contribution in [3.63, 3.8) is 0 Å². The predicted molar refractivity (Wildman–Crippen MR) is 224 cm³/mol. The Balaban J connectivity index is 4.15. The third kappa shape index (κ3) is 41.7. The summed E-state index contributed by atoms with van der Waals surface area (Å²) >= 11 is 0. The van der Waals surface area contributed by atoms with Crippen LogP contribution in [-0.2, 0) is 23.8 Å². The van der Waals surface area contributed by atoms with E-state index in [4.69, 9.17) is 14.2 Å². The number of esters is 2. The highest BCUT2D eigenvalue weighted by Gasteiger charge is 2.16. The highest BCUT2D eigenvalue weighted by Crippen LogP contribution is 2.16. The first-order valence-electron chi connectivity index (χ1n) is 23.6. The number of hydrogen-bond donors (Lipinski definition) is 0. The summed E-state index contributed by atoms with van der Waals surface area (Å²) in [5, 5.41) is 0. The van der Waals surface area contributed by atoms with Crippen molar-refractivity contribution >= 4 is 11.9 Å². The number of hydrogen-bond acceptors (Lipinski definition) is 5. The minimum Gasteiger partial charge on any atom is -0.463 e. The average Bonchev–Trinajstić information content (AvgIpc) is 3.15. The van der Waals surface area contributed by atoms with Crippen LogP contribution in [0, 0.1) is 0 Å². The maximum atomic E-state index is 12.5. The monoisotopic (exact) mass is 737 g/mol. The lowest BCUT2D eigenvalue weighted by atomic mass is 10.0. The van der Waals surface area contributed by atoms with E-state index in [1.165, 1.54) is 193 Å². The van der Waals surface area contributed by atoms with E-state index in [0.29, 0.717) is 19.4 Å². The molecule has 0 aliphatic rings. The molecule has 0 aromatic rings. The van der Waals surface area contributed by atoms with Crippen LogP contribution in [0.4, 0.5) is 0 Å². The summed E-state index contributed by atoms with van der Waals surface area (Å²) in [5.41, 5.74) is 0. The Morgan fingerprint density at radius 3 is 0.827 bits per heavy atom. The van der Waals surface area contributed by atoms with Crippen LogP contribution < -0.4 is 0 Å². The molecule has 0 aromatic carbocycles. The van der Waals surface area contributed by atoms with Crippen LogP contribution in [0.5, 0.6) is 0 Å². The molecule has 5 heteroatoms. The number of unbranched alkanes of at least 4 members (excludes halogenated alkanes) is 33. The standard InChI is InChI=1S/C47H92O5/c1-4-7-10-13-16-19-22-24-26-28-31-34-37-40-46(48)51-43-45(50-42-39-36-33-30-21-18-15-12-9-6-3)44-52-47(49)41-38-35-32-29-27-25-23-20-17-14-11-8-5-2/h45H,4-44H2,1-3H3. The fraction of sp³-hybridized carbons (Fsp3) is 0.957. The first kappa shape index (κ1) is 50.9. The maximum absolute atomic E-state index is 12.5. The van der Waals surface area contributed by atoms with Gasteiger partial charge in [0.1, 0.15) is 19.3 Å². The molecule has 5 nitrogen and oxygen atoms in total. The summed E-state index contributed by atoms with van der Waals surface area (Å²) in [6.45, 7) is 7.77. The van der Waals surface area contributed by atoms with Gasteiger partial charge in [-0.15, -0.1) is 0 Å². The lowest BCUT2D eigenvalue weighted by Crippen LogP contribution is -2.29. The first-order chi connectivity index (χ1) is 25.6. The van der Waals surface area contributed by atoms with Crippen LogP contribution in [0.3, 0.4) is 0 Å². The molecule has 310 valence electrons. The Morgan fingerprint density at radius 2 is 0.558 bits per heavy atom. The molecule has 0 heterocycles. The van der Waals surface area contributed by atoms with E-state index in [2.05, 4.69) is 20.8 Å². The van der Waals surface area contributed by atoms with E-state index < -0.39 is 0 Å². The molecule has 0 aromatic heterocycles. The predicted octanol–water partition coefficient (Wildman–Crippen LogP) is 15.3. The molecule has 0 aliphatic carbocycles. The summed E-state index contributed by atoms with van der Waals surface area (Å²) in [7, 11) is 0. The van der Waals surface area contributed by atoms with Crippen molar-refractivity contribution in [1.82, 2.24) is 0 Å². The van der Waals surface area contributed by atoms with Crippen molar-refractivity contribution in [2.75, 3.05) is 19.8 Å². The van der Waals surface area contributed by atoms with Crippen molar-refractivity contribution in [1.29, 1.82) is 0 Å². The van der Waals surface area contributed by atoms with Gasteiger partial charge in [0.2, 0.25) is 0 Å². The van der Waals surface area contributed by atoms with Crippen LogP contribution in [0.25, 0.3) is 0 Å². The highest BCUT2D eigenvalue weighted by atomic mass is 16.6. The Morgan fingerprint density at radius 1 is 0.327 bits per heavy atom. The molecule has 0 saturated heterocycles. The largest absolute Gasteiger partial charge is 0.463 e. The van der Waals surface area contributed by atoms with Crippen LogP contribution in [0.1, 0.15) is 265 Å². The molecule has 0 amide bonds. The van der Waals surface area contributed by atoms with Gasteiger partial charge in [-0.25, -0.2) is 0 Å². The zero-order chi connectivity index (χ0) is 37.8. The second-order valence-electron chi connectivity index (χ2n) is 16.0. The first-order valence-corrected chi connectivity index (χ1v) is 23.6. The lowest BCUT2D eigenvalue weighted by molar-refractivity contribution is -0.155. The molecule has 0 bridgehead atoms. The van der Waals surface area contributed by atoms with E-state index >= 15 is 0 Å². The quantitative estimate of drug-likeness (QED) is 0.0460. The van der Waals surface area contributed by atoms with Crippen molar-refractivity contribution in [2.24, 2.45) is 0 Å².